The summed E-state index contributed by atoms with van der Waals surface area (Å²) in [4.78, 5) is 13.2. The number of piperazine rings is 1. The van der Waals surface area contributed by atoms with Crippen LogP contribution in [0.2, 0.25) is 0 Å². The quantitative estimate of drug-likeness (QED) is 0.470. The van der Waals surface area contributed by atoms with Gasteiger partial charge in [0, 0.05) is 43.1 Å². The van der Waals surface area contributed by atoms with Crippen molar-refractivity contribution in [3.8, 4) is 11.6 Å². The van der Waals surface area contributed by atoms with Crippen LogP contribution in [-0.2, 0) is 6.18 Å². The molecule has 0 atom stereocenters. The molecule has 1 saturated heterocycles. The number of benzene rings is 1. The Morgan fingerprint density at radius 1 is 0.938 bits per heavy atom. The molecule has 0 amide bonds. The Hall–Kier alpha value is -3.56. The van der Waals surface area contributed by atoms with Gasteiger partial charge in [-0.15, -0.1) is 5.10 Å². The predicted molar refractivity (Wildman–Crippen MR) is 114 cm³/mol. The first-order chi connectivity index (χ1) is 15.3. The Balaban J connectivity index is 1.43. The van der Waals surface area contributed by atoms with Crippen molar-refractivity contribution in [2.45, 2.75) is 20.0 Å². The number of rotatable bonds is 3. The highest BCUT2D eigenvalue weighted by Crippen LogP contribution is 2.32. The van der Waals surface area contributed by atoms with Gasteiger partial charge in [0.25, 0.3) is 5.78 Å². The first-order valence-electron chi connectivity index (χ1n) is 10.3. The molecule has 0 radical (unpaired) electrons. The molecule has 1 aliphatic heterocycles. The van der Waals surface area contributed by atoms with Gasteiger partial charge >= 0.3 is 6.18 Å². The maximum Gasteiger partial charge on any atom is 0.416 e. The van der Waals surface area contributed by atoms with Crippen molar-refractivity contribution >= 4 is 17.3 Å². The molecular weight excluding hydrogens is 421 g/mol. The summed E-state index contributed by atoms with van der Waals surface area (Å²) in [5.74, 6) is 2.39. The van der Waals surface area contributed by atoms with Gasteiger partial charge in [0.2, 0.25) is 5.82 Å². The number of fused-ring (bicyclic) bond motifs is 1. The van der Waals surface area contributed by atoms with Crippen molar-refractivity contribution in [1.82, 2.24) is 19.6 Å². The van der Waals surface area contributed by atoms with E-state index in [-0.39, 0.29) is 0 Å². The number of alkyl halides is 3. The monoisotopic (exact) mass is 442 g/mol. The van der Waals surface area contributed by atoms with Gasteiger partial charge in [-0.1, -0.05) is 6.07 Å². The number of halogens is 3. The van der Waals surface area contributed by atoms with Crippen molar-refractivity contribution in [2.75, 3.05) is 36.0 Å². The van der Waals surface area contributed by atoms with Crippen LogP contribution in [0.5, 0.6) is 0 Å². The topological polar surface area (TPSA) is 62.7 Å². The van der Waals surface area contributed by atoms with Gasteiger partial charge in [-0.05, 0) is 44.2 Å². The SMILES string of the molecule is Cc1nc2nc(-c3ccco3)nn2c(N2CCN(c3cccc(C(F)(F)F)c3)CC2)c1C. The second-order valence-corrected chi connectivity index (χ2v) is 7.79. The first-order valence-corrected chi connectivity index (χ1v) is 10.3. The molecule has 0 N–H and O–H groups in total. The molecule has 166 valence electrons. The fourth-order valence-corrected chi connectivity index (χ4v) is 4.01. The fraction of sp³-hybridized carbons (Fsp3) is 0.318. The lowest BCUT2D eigenvalue weighted by atomic mass is 10.1. The van der Waals surface area contributed by atoms with E-state index < -0.39 is 11.7 Å². The van der Waals surface area contributed by atoms with Crippen LogP contribution < -0.4 is 9.80 Å². The van der Waals surface area contributed by atoms with E-state index in [1.54, 1.807) is 29.0 Å². The van der Waals surface area contributed by atoms with Crippen LogP contribution >= 0.6 is 0 Å². The van der Waals surface area contributed by atoms with Crippen molar-refractivity contribution < 1.29 is 17.6 Å². The number of hydrogen-bond donors (Lipinski definition) is 0. The highest BCUT2D eigenvalue weighted by Gasteiger charge is 2.31. The highest BCUT2D eigenvalue weighted by atomic mass is 19.4. The molecule has 0 bridgehead atoms. The fourth-order valence-electron chi connectivity index (χ4n) is 4.01. The van der Waals surface area contributed by atoms with Gasteiger partial charge < -0.3 is 14.2 Å². The number of hydrogen-bond acceptors (Lipinski definition) is 6. The summed E-state index contributed by atoms with van der Waals surface area (Å²) in [5.41, 5.74) is 1.79. The van der Waals surface area contributed by atoms with E-state index in [9.17, 15) is 13.2 Å². The normalized spacial score (nSPS) is 15.0. The molecule has 0 saturated carbocycles. The Bertz CT molecular complexity index is 1260. The molecule has 1 aliphatic rings. The van der Waals surface area contributed by atoms with Gasteiger partial charge in [0.05, 0.1) is 11.8 Å². The maximum absolute atomic E-state index is 13.1. The van der Waals surface area contributed by atoms with Gasteiger partial charge in [0.15, 0.2) is 5.76 Å². The van der Waals surface area contributed by atoms with Crippen LogP contribution in [0.25, 0.3) is 17.4 Å². The summed E-state index contributed by atoms with van der Waals surface area (Å²) in [6, 6.07) is 9.05. The van der Waals surface area contributed by atoms with Crippen molar-refractivity contribution in [2.24, 2.45) is 0 Å². The zero-order valence-electron chi connectivity index (χ0n) is 17.6. The molecule has 1 aromatic carbocycles. The molecular formula is C22H21F3N6O. The van der Waals surface area contributed by atoms with Crippen LogP contribution in [0.1, 0.15) is 16.8 Å². The third-order valence-corrected chi connectivity index (χ3v) is 5.80. The van der Waals surface area contributed by atoms with Crippen LogP contribution in [0.15, 0.2) is 47.1 Å². The van der Waals surface area contributed by atoms with E-state index in [2.05, 4.69) is 20.0 Å². The predicted octanol–water partition coefficient (Wildman–Crippen LogP) is 4.35. The average molecular weight is 442 g/mol. The van der Waals surface area contributed by atoms with E-state index in [0.29, 0.717) is 49.2 Å². The number of furan rings is 1. The lowest BCUT2D eigenvalue weighted by Gasteiger charge is -2.38. The van der Waals surface area contributed by atoms with E-state index in [4.69, 9.17) is 4.42 Å². The lowest BCUT2D eigenvalue weighted by molar-refractivity contribution is -0.137. The zero-order valence-corrected chi connectivity index (χ0v) is 17.6. The van der Waals surface area contributed by atoms with E-state index in [0.717, 1.165) is 23.1 Å². The molecule has 0 aliphatic carbocycles. The number of aryl methyl sites for hydroxylation is 1. The Kier molecular flexibility index (Phi) is 4.79. The summed E-state index contributed by atoms with van der Waals surface area (Å²) in [7, 11) is 0. The van der Waals surface area contributed by atoms with Crippen LogP contribution in [0.3, 0.4) is 0 Å². The Morgan fingerprint density at radius 3 is 2.38 bits per heavy atom. The first kappa shape index (κ1) is 20.3. The second kappa shape index (κ2) is 7.54. The minimum atomic E-state index is -4.35. The number of anilines is 2. The van der Waals surface area contributed by atoms with E-state index in [1.165, 1.54) is 12.1 Å². The summed E-state index contributed by atoms with van der Waals surface area (Å²) in [6.07, 6.45) is -2.78. The molecule has 4 aromatic rings. The smallest absolute Gasteiger partial charge is 0.416 e. The van der Waals surface area contributed by atoms with Gasteiger partial charge in [-0.2, -0.15) is 22.7 Å². The summed E-state index contributed by atoms with van der Waals surface area (Å²) < 4.78 is 46.4. The minimum absolute atomic E-state index is 0.455. The molecule has 5 rings (SSSR count). The summed E-state index contributed by atoms with van der Waals surface area (Å²) in [5, 5.41) is 4.62. The van der Waals surface area contributed by atoms with Crippen molar-refractivity contribution in [3.05, 3.63) is 59.5 Å². The van der Waals surface area contributed by atoms with E-state index >= 15 is 0 Å². The third kappa shape index (κ3) is 3.55. The van der Waals surface area contributed by atoms with Gasteiger partial charge in [0.1, 0.15) is 5.82 Å². The Morgan fingerprint density at radius 2 is 1.69 bits per heavy atom. The largest absolute Gasteiger partial charge is 0.461 e. The van der Waals surface area contributed by atoms with Crippen LogP contribution in [0, 0.1) is 13.8 Å². The molecule has 7 nitrogen and oxygen atoms in total. The number of aromatic nitrogens is 4. The number of nitrogens with zero attached hydrogens (tertiary/aromatic N) is 6. The molecule has 3 aromatic heterocycles. The zero-order chi connectivity index (χ0) is 22.5. The van der Waals surface area contributed by atoms with E-state index in [1.807, 2.05) is 18.7 Å². The minimum Gasteiger partial charge on any atom is -0.461 e. The molecule has 1 fully saturated rings. The second-order valence-electron chi connectivity index (χ2n) is 7.79. The lowest BCUT2D eigenvalue weighted by Crippen LogP contribution is -2.47. The standard InChI is InChI=1S/C22H21F3N6O/c1-14-15(2)26-21-27-19(18-7-4-12-32-18)28-31(21)20(14)30-10-8-29(9-11-30)17-6-3-5-16(13-17)22(23,24)25/h3-7,12-13H,8-11H2,1-2H3. The molecule has 32 heavy (non-hydrogen) atoms. The van der Waals surface area contributed by atoms with Crippen molar-refractivity contribution in [3.63, 3.8) is 0 Å². The van der Waals surface area contributed by atoms with Crippen molar-refractivity contribution in [1.29, 1.82) is 0 Å². The summed E-state index contributed by atoms with van der Waals surface area (Å²) in [6.45, 7) is 6.35. The Labute approximate surface area is 182 Å². The molecule has 4 heterocycles. The summed E-state index contributed by atoms with van der Waals surface area (Å²) >= 11 is 0. The molecule has 0 spiro atoms. The third-order valence-electron chi connectivity index (χ3n) is 5.80. The highest BCUT2D eigenvalue weighted by molar-refractivity contribution is 5.59. The molecule has 10 heteroatoms. The average Bonchev–Trinajstić information content (AvgIpc) is 3.44. The van der Waals surface area contributed by atoms with Gasteiger partial charge in [-0.3, -0.25) is 0 Å². The van der Waals surface area contributed by atoms with Crippen LogP contribution in [-0.4, -0.2) is 45.8 Å². The van der Waals surface area contributed by atoms with Crippen LogP contribution in [0.4, 0.5) is 24.7 Å². The molecule has 0 unspecified atom stereocenters. The van der Waals surface area contributed by atoms with Gasteiger partial charge in [-0.25, -0.2) is 4.98 Å². The maximum atomic E-state index is 13.1.